The van der Waals surface area contributed by atoms with Crippen molar-refractivity contribution in [2.24, 2.45) is 0 Å². The number of piperidine rings is 1. The molecular weight excluding hydrogens is 262 g/mol. The maximum absolute atomic E-state index is 12.3. The third-order valence-corrected chi connectivity index (χ3v) is 3.50. The van der Waals surface area contributed by atoms with E-state index in [1.165, 1.54) is 6.92 Å². The smallest absolute Gasteiger partial charge is 0.328 e. The van der Waals surface area contributed by atoms with Crippen LogP contribution in [0.2, 0.25) is 0 Å². The van der Waals surface area contributed by atoms with Gasteiger partial charge in [-0.3, -0.25) is 0 Å². The summed E-state index contributed by atoms with van der Waals surface area (Å²) in [6.07, 6.45) is 1.40. The molecule has 1 rings (SSSR count). The Morgan fingerprint density at radius 3 is 2.45 bits per heavy atom. The van der Waals surface area contributed by atoms with Gasteiger partial charge in [-0.25, -0.2) is 9.59 Å². The van der Waals surface area contributed by atoms with Gasteiger partial charge in [0.05, 0.1) is 6.10 Å². The first-order valence-corrected chi connectivity index (χ1v) is 7.16. The first-order chi connectivity index (χ1) is 9.47. The lowest BCUT2D eigenvalue weighted by atomic mass is 10.0. The summed E-state index contributed by atoms with van der Waals surface area (Å²) >= 11 is 0. The minimum atomic E-state index is -1.27. The van der Waals surface area contributed by atoms with E-state index in [1.54, 1.807) is 4.90 Å². The molecule has 2 unspecified atom stereocenters. The lowest BCUT2D eigenvalue weighted by molar-refractivity contribution is -0.141. The summed E-state index contributed by atoms with van der Waals surface area (Å²) in [6, 6.07) is -1.56. The summed E-state index contributed by atoms with van der Waals surface area (Å²) in [4.78, 5) is 25.0. The Morgan fingerprint density at radius 1 is 1.40 bits per heavy atom. The number of aliphatic hydroxyl groups excluding tert-OH is 1. The molecular formula is C13H25N3O4. The highest BCUT2D eigenvalue weighted by Gasteiger charge is 2.30. The monoisotopic (exact) mass is 287 g/mol. The van der Waals surface area contributed by atoms with E-state index in [2.05, 4.69) is 10.6 Å². The zero-order valence-corrected chi connectivity index (χ0v) is 12.1. The molecule has 0 saturated carbocycles. The van der Waals surface area contributed by atoms with Gasteiger partial charge in [0.25, 0.3) is 0 Å². The number of amides is 2. The van der Waals surface area contributed by atoms with Crippen LogP contribution in [0.3, 0.4) is 0 Å². The molecule has 2 amide bonds. The molecule has 0 aromatic carbocycles. The fourth-order valence-corrected chi connectivity index (χ4v) is 2.41. The van der Waals surface area contributed by atoms with E-state index in [1.807, 2.05) is 6.92 Å². The molecule has 0 radical (unpaired) electrons. The van der Waals surface area contributed by atoms with E-state index in [4.69, 9.17) is 5.11 Å². The van der Waals surface area contributed by atoms with Crippen LogP contribution >= 0.6 is 0 Å². The largest absolute Gasteiger partial charge is 0.480 e. The minimum absolute atomic E-state index is 0.125. The number of rotatable bonds is 6. The Labute approximate surface area is 119 Å². The molecule has 116 valence electrons. The van der Waals surface area contributed by atoms with E-state index < -0.39 is 24.1 Å². The second-order valence-corrected chi connectivity index (χ2v) is 5.18. The van der Waals surface area contributed by atoms with Gasteiger partial charge in [0.2, 0.25) is 0 Å². The number of aliphatic hydroxyl groups is 1. The predicted octanol–water partition coefficient (Wildman–Crippen LogP) is -0.00600. The molecule has 0 aliphatic carbocycles. The number of aliphatic carboxylic acids is 1. The number of nitrogens with one attached hydrogen (secondary N) is 2. The van der Waals surface area contributed by atoms with Crippen LogP contribution in [0.1, 0.15) is 33.1 Å². The Hall–Kier alpha value is -1.34. The molecule has 1 aliphatic heterocycles. The van der Waals surface area contributed by atoms with Crippen molar-refractivity contribution >= 4 is 12.0 Å². The SMILES string of the molecule is CCCN(C(=O)NC(C(=O)O)C(C)O)C1CCNCC1. The van der Waals surface area contributed by atoms with Crippen molar-refractivity contribution < 1.29 is 19.8 Å². The first kappa shape index (κ1) is 16.7. The van der Waals surface area contributed by atoms with Crippen molar-refractivity contribution in [2.75, 3.05) is 19.6 Å². The molecule has 0 aromatic heterocycles. The Kier molecular flexibility index (Phi) is 6.74. The molecule has 7 nitrogen and oxygen atoms in total. The van der Waals surface area contributed by atoms with Gasteiger partial charge in [-0.2, -0.15) is 0 Å². The van der Waals surface area contributed by atoms with Gasteiger partial charge in [0.1, 0.15) is 0 Å². The van der Waals surface area contributed by atoms with Crippen molar-refractivity contribution in [3.05, 3.63) is 0 Å². The minimum Gasteiger partial charge on any atom is -0.480 e. The van der Waals surface area contributed by atoms with Crippen LogP contribution < -0.4 is 10.6 Å². The van der Waals surface area contributed by atoms with Crippen LogP contribution in [0.25, 0.3) is 0 Å². The molecule has 20 heavy (non-hydrogen) atoms. The number of carbonyl (C=O) groups is 2. The number of hydrogen-bond acceptors (Lipinski definition) is 4. The highest BCUT2D eigenvalue weighted by atomic mass is 16.4. The Balaban J connectivity index is 2.69. The van der Waals surface area contributed by atoms with Gasteiger partial charge in [0.15, 0.2) is 6.04 Å². The van der Waals surface area contributed by atoms with E-state index in [0.717, 1.165) is 32.4 Å². The second kappa shape index (κ2) is 8.06. The Morgan fingerprint density at radius 2 is 2.00 bits per heavy atom. The average Bonchev–Trinajstić information content (AvgIpc) is 2.42. The number of urea groups is 1. The molecule has 1 fully saturated rings. The molecule has 1 saturated heterocycles. The number of carboxylic acid groups (broad SMARTS) is 1. The summed E-state index contributed by atoms with van der Waals surface area (Å²) in [6.45, 7) is 5.63. The molecule has 0 bridgehead atoms. The maximum atomic E-state index is 12.3. The van der Waals surface area contributed by atoms with Gasteiger partial charge < -0.3 is 25.7 Å². The Bertz CT molecular complexity index is 330. The standard InChI is InChI=1S/C13H25N3O4/c1-3-8-16(10-4-6-14-7-5-10)13(20)15-11(9(2)17)12(18)19/h9-11,14,17H,3-8H2,1-2H3,(H,15,20)(H,18,19). The lowest BCUT2D eigenvalue weighted by Crippen LogP contribution is -2.56. The van der Waals surface area contributed by atoms with E-state index in [0.29, 0.717) is 6.54 Å². The zero-order chi connectivity index (χ0) is 15.1. The first-order valence-electron chi connectivity index (χ1n) is 7.16. The molecule has 4 N–H and O–H groups in total. The van der Waals surface area contributed by atoms with Gasteiger partial charge in [-0.05, 0) is 39.3 Å². The summed E-state index contributed by atoms with van der Waals surface area (Å²) < 4.78 is 0. The lowest BCUT2D eigenvalue weighted by Gasteiger charge is -2.35. The number of carbonyl (C=O) groups excluding carboxylic acids is 1. The number of nitrogens with zero attached hydrogens (tertiary/aromatic N) is 1. The van der Waals surface area contributed by atoms with Crippen LogP contribution in [0, 0.1) is 0 Å². The molecule has 2 atom stereocenters. The summed E-state index contributed by atoms with van der Waals surface area (Å²) in [5.74, 6) is -1.23. The predicted molar refractivity (Wildman–Crippen MR) is 74.5 cm³/mol. The highest BCUT2D eigenvalue weighted by Crippen LogP contribution is 2.13. The third-order valence-electron chi connectivity index (χ3n) is 3.50. The van der Waals surface area contributed by atoms with Crippen molar-refractivity contribution in [3.8, 4) is 0 Å². The highest BCUT2D eigenvalue weighted by molar-refractivity contribution is 5.83. The zero-order valence-electron chi connectivity index (χ0n) is 12.1. The topological polar surface area (TPSA) is 102 Å². The normalized spacial score (nSPS) is 19.1. The number of carboxylic acids is 1. The fourth-order valence-electron chi connectivity index (χ4n) is 2.41. The summed E-state index contributed by atoms with van der Waals surface area (Å²) in [7, 11) is 0. The average molecular weight is 287 g/mol. The fraction of sp³-hybridized carbons (Fsp3) is 0.846. The molecule has 0 spiro atoms. The molecule has 7 heteroatoms. The summed E-state index contributed by atoms with van der Waals surface area (Å²) in [5, 5.41) is 24.1. The van der Waals surface area contributed by atoms with Crippen LogP contribution in [-0.2, 0) is 4.79 Å². The van der Waals surface area contributed by atoms with E-state index >= 15 is 0 Å². The molecule has 1 aliphatic rings. The third kappa shape index (κ3) is 4.64. The van der Waals surface area contributed by atoms with Crippen molar-refractivity contribution in [1.82, 2.24) is 15.5 Å². The molecule has 0 aromatic rings. The molecule has 1 heterocycles. The van der Waals surface area contributed by atoms with Crippen LogP contribution in [0.4, 0.5) is 4.79 Å². The quantitative estimate of drug-likeness (QED) is 0.550. The van der Waals surface area contributed by atoms with Crippen molar-refractivity contribution in [2.45, 2.75) is 51.3 Å². The van der Waals surface area contributed by atoms with Crippen LogP contribution in [0.5, 0.6) is 0 Å². The van der Waals surface area contributed by atoms with Crippen LogP contribution in [-0.4, -0.2) is 64.9 Å². The van der Waals surface area contributed by atoms with Gasteiger partial charge in [0, 0.05) is 12.6 Å². The van der Waals surface area contributed by atoms with E-state index in [9.17, 15) is 14.7 Å². The van der Waals surface area contributed by atoms with Gasteiger partial charge >= 0.3 is 12.0 Å². The maximum Gasteiger partial charge on any atom is 0.328 e. The van der Waals surface area contributed by atoms with Crippen molar-refractivity contribution in [3.63, 3.8) is 0 Å². The second-order valence-electron chi connectivity index (χ2n) is 5.18. The van der Waals surface area contributed by atoms with E-state index in [-0.39, 0.29) is 6.04 Å². The van der Waals surface area contributed by atoms with Crippen LogP contribution in [0.15, 0.2) is 0 Å². The number of hydrogen-bond donors (Lipinski definition) is 4. The van der Waals surface area contributed by atoms with Crippen molar-refractivity contribution in [1.29, 1.82) is 0 Å². The summed E-state index contributed by atoms with van der Waals surface area (Å²) in [5.41, 5.74) is 0. The van der Waals surface area contributed by atoms with Gasteiger partial charge in [-0.1, -0.05) is 6.92 Å². The van der Waals surface area contributed by atoms with Gasteiger partial charge in [-0.15, -0.1) is 0 Å².